The number of thiophene rings is 1. The summed E-state index contributed by atoms with van der Waals surface area (Å²) in [5, 5.41) is 4.14. The van der Waals surface area contributed by atoms with Crippen LogP contribution in [0, 0.1) is 13.8 Å². The lowest BCUT2D eigenvalue weighted by molar-refractivity contribution is 1.11. The van der Waals surface area contributed by atoms with Crippen molar-refractivity contribution in [2.45, 2.75) is 13.8 Å². The Bertz CT molecular complexity index is 777. The van der Waals surface area contributed by atoms with Gasteiger partial charge >= 0.3 is 0 Å². The first kappa shape index (κ1) is 13.8. The van der Waals surface area contributed by atoms with Crippen LogP contribution in [-0.2, 0) is 0 Å². The Morgan fingerprint density at radius 2 is 1.81 bits per heavy atom. The fourth-order valence-corrected chi connectivity index (χ4v) is 3.16. The fraction of sp³-hybridized carbons (Fsp3) is 0.250. The number of hydrogen-bond donors (Lipinski definition) is 1. The minimum absolute atomic E-state index is 0.651. The number of aromatic nitrogens is 2. The Balaban J connectivity index is 2.15. The van der Waals surface area contributed by atoms with Crippen molar-refractivity contribution in [2.24, 2.45) is 0 Å². The lowest BCUT2D eigenvalue weighted by Gasteiger charge is -2.20. The molecule has 0 spiro atoms. The molecule has 0 aliphatic carbocycles. The number of rotatable bonds is 3. The molecule has 0 atom stereocenters. The Kier molecular flexibility index (Phi) is 3.51. The Hall–Kier alpha value is -2.14. The van der Waals surface area contributed by atoms with Gasteiger partial charge in [0.15, 0.2) is 0 Å². The first-order chi connectivity index (χ1) is 10.1. The van der Waals surface area contributed by atoms with Gasteiger partial charge in [-0.15, -0.1) is 11.3 Å². The highest BCUT2D eigenvalue weighted by molar-refractivity contribution is 7.18. The lowest BCUT2D eigenvalue weighted by Crippen LogP contribution is -2.13. The zero-order chi connectivity index (χ0) is 15.0. The van der Waals surface area contributed by atoms with Crippen molar-refractivity contribution in [1.29, 1.82) is 0 Å². The van der Waals surface area contributed by atoms with Gasteiger partial charge in [-0.1, -0.05) is 17.7 Å². The van der Waals surface area contributed by atoms with Gasteiger partial charge < -0.3 is 10.2 Å². The molecule has 4 nitrogen and oxygen atoms in total. The molecule has 0 saturated heterocycles. The topological polar surface area (TPSA) is 41.1 Å². The molecule has 1 N–H and O–H groups in total. The van der Waals surface area contributed by atoms with Gasteiger partial charge in [0.05, 0.1) is 5.39 Å². The molecule has 2 aromatic heterocycles. The van der Waals surface area contributed by atoms with E-state index < -0.39 is 0 Å². The minimum Gasteiger partial charge on any atom is -0.357 e. The maximum Gasteiger partial charge on any atom is 0.225 e. The molecule has 1 aromatic carbocycles. The van der Waals surface area contributed by atoms with E-state index in [9.17, 15) is 0 Å². The second-order valence-corrected chi connectivity index (χ2v) is 6.33. The van der Waals surface area contributed by atoms with E-state index in [0.29, 0.717) is 5.95 Å². The van der Waals surface area contributed by atoms with Crippen molar-refractivity contribution in [1.82, 2.24) is 9.97 Å². The van der Waals surface area contributed by atoms with Crippen LogP contribution in [0.3, 0.4) is 0 Å². The van der Waals surface area contributed by atoms with Crippen molar-refractivity contribution < 1.29 is 0 Å². The van der Waals surface area contributed by atoms with Crippen molar-refractivity contribution in [3.05, 3.63) is 40.8 Å². The zero-order valence-electron chi connectivity index (χ0n) is 12.6. The maximum atomic E-state index is 4.64. The van der Waals surface area contributed by atoms with Crippen LogP contribution in [0.1, 0.15) is 10.4 Å². The molecule has 0 aliphatic heterocycles. The standard InChI is InChI=1S/C16H18N4S/c1-10-5-7-12(8-6-10)20(4)14-13-9-11(2)21-15(13)19-16(17-3)18-14/h5-9H,1-4H3,(H,17,18,19). The highest BCUT2D eigenvalue weighted by Gasteiger charge is 2.14. The molecule has 0 unspecified atom stereocenters. The third-order valence-electron chi connectivity index (χ3n) is 3.46. The van der Waals surface area contributed by atoms with Crippen molar-refractivity contribution in [3.63, 3.8) is 0 Å². The molecule has 2 heterocycles. The second-order valence-electron chi connectivity index (χ2n) is 5.09. The largest absolute Gasteiger partial charge is 0.357 e. The first-order valence-electron chi connectivity index (χ1n) is 6.85. The van der Waals surface area contributed by atoms with Crippen LogP contribution in [0.2, 0.25) is 0 Å². The summed E-state index contributed by atoms with van der Waals surface area (Å²) in [5.41, 5.74) is 2.37. The average molecular weight is 298 g/mol. The normalized spacial score (nSPS) is 10.9. The van der Waals surface area contributed by atoms with E-state index >= 15 is 0 Å². The molecule has 0 fully saturated rings. The van der Waals surface area contributed by atoms with Crippen LogP contribution in [0.5, 0.6) is 0 Å². The minimum atomic E-state index is 0.651. The summed E-state index contributed by atoms with van der Waals surface area (Å²) in [7, 11) is 3.89. The molecule has 0 saturated carbocycles. The van der Waals surface area contributed by atoms with Gasteiger partial charge in [-0.3, -0.25) is 0 Å². The molecule has 3 aromatic rings. The molecule has 0 bridgehead atoms. The Labute approximate surface area is 128 Å². The smallest absolute Gasteiger partial charge is 0.225 e. The maximum absolute atomic E-state index is 4.64. The van der Waals surface area contributed by atoms with Gasteiger partial charge in [-0.05, 0) is 32.0 Å². The number of benzene rings is 1. The van der Waals surface area contributed by atoms with Gasteiger partial charge in [0.2, 0.25) is 5.95 Å². The number of aryl methyl sites for hydroxylation is 2. The Morgan fingerprint density at radius 3 is 2.48 bits per heavy atom. The highest BCUT2D eigenvalue weighted by Crippen LogP contribution is 2.34. The molecule has 108 valence electrons. The number of nitrogens with one attached hydrogen (secondary N) is 1. The van der Waals surface area contributed by atoms with E-state index in [1.165, 1.54) is 10.4 Å². The predicted octanol–water partition coefficient (Wildman–Crippen LogP) is 4.12. The average Bonchev–Trinajstić information content (AvgIpc) is 2.86. The third-order valence-corrected chi connectivity index (χ3v) is 4.40. The summed E-state index contributed by atoms with van der Waals surface area (Å²) in [6.45, 7) is 4.19. The fourth-order valence-electron chi connectivity index (χ4n) is 2.29. The third kappa shape index (κ3) is 2.56. The highest BCUT2D eigenvalue weighted by atomic mass is 32.1. The monoisotopic (exact) mass is 298 g/mol. The predicted molar refractivity (Wildman–Crippen MR) is 90.9 cm³/mol. The summed E-state index contributed by atoms with van der Waals surface area (Å²) < 4.78 is 0. The molecule has 0 amide bonds. The van der Waals surface area contributed by atoms with Crippen molar-refractivity contribution in [2.75, 3.05) is 24.3 Å². The summed E-state index contributed by atoms with van der Waals surface area (Å²) in [4.78, 5) is 13.5. The van der Waals surface area contributed by atoms with E-state index in [2.05, 4.69) is 64.4 Å². The molecule has 21 heavy (non-hydrogen) atoms. The summed E-state index contributed by atoms with van der Waals surface area (Å²) in [6, 6.07) is 10.6. The number of hydrogen-bond acceptors (Lipinski definition) is 5. The lowest BCUT2D eigenvalue weighted by atomic mass is 10.2. The number of anilines is 3. The molecule has 3 rings (SSSR count). The zero-order valence-corrected chi connectivity index (χ0v) is 13.5. The second kappa shape index (κ2) is 5.33. The van der Waals surface area contributed by atoms with Crippen molar-refractivity contribution >= 4 is 39.0 Å². The molecule has 0 aliphatic rings. The van der Waals surface area contributed by atoms with Crippen LogP contribution in [0.15, 0.2) is 30.3 Å². The Morgan fingerprint density at radius 1 is 1.10 bits per heavy atom. The summed E-state index contributed by atoms with van der Waals surface area (Å²) >= 11 is 1.69. The number of nitrogens with zero attached hydrogens (tertiary/aromatic N) is 3. The van der Waals surface area contributed by atoms with Crippen molar-refractivity contribution in [3.8, 4) is 0 Å². The van der Waals surface area contributed by atoms with Gasteiger partial charge in [-0.25, -0.2) is 4.98 Å². The van der Waals surface area contributed by atoms with Crippen LogP contribution < -0.4 is 10.2 Å². The van der Waals surface area contributed by atoms with E-state index in [4.69, 9.17) is 0 Å². The van der Waals surface area contributed by atoms with E-state index in [1.54, 1.807) is 11.3 Å². The van der Waals surface area contributed by atoms with Crippen LogP contribution in [0.25, 0.3) is 10.2 Å². The van der Waals surface area contributed by atoms with Crippen LogP contribution in [-0.4, -0.2) is 24.1 Å². The summed E-state index contributed by atoms with van der Waals surface area (Å²) in [5.74, 6) is 1.58. The molecule has 5 heteroatoms. The first-order valence-corrected chi connectivity index (χ1v) is 7.66. The van der Waals surface area contributed by atoms with E-state index in [1.807, 2.05) is 14.1 Å². The molecule has 0 radical (unpaired) electrons. The van der Waals surface area contributed by atoms with Gasteiger partial charge in [0.25, 0.3) is 0 Å². The van der Waals surface area contributed by atoms with E-state index in [-0.39, 0.29) is 0 Å². The quantitative estimate of drug-likeness (QED) is 0.790. The molecular weight excluding hydrogens is 280 g/mol. The van der Waals surface area contributed by atoms with Gasteiger partial charge in [0, 0.05) is 24.7 Å². The van der Waals surface area contributed by atoms with Crippen LogP contribution in [0.4, 0.5) is 17.5 Å². The SMILES string of the molecule is CNc1nc(N(C)c2ccc(C)cc2)c2cc(C)sc2n1. The summed E-state index contributed by atoms with van der Waals surface area (Å²) in [6.07, 6.45) is 0. The number of fused-ring (bicyclic) bond motifs is 1. The molecular formula is C16H18N4S. The van der Waals surface area contributed by atoms with Gasteiger partial charge in [0.1, 0.15) is 10.6 Å². The van der Waals surface area contributed by atoms with E-state index in [0.717, 1.165) is 21.7 Å². The van der Waals surface area contributed by atoms with Gasteiger partial charge in [-0.2, -0.15) is 4.98 Å². The van der Waals surface area contributed by atoms with Crippen LogP contribution >= 0.6 is 11.3 Å².